The molecule has 0 bridgehead atoms. The maximum Gasteiger partial charge on any atom is 0.321 e. The highest BCUT2D eigenvalue weighted by atomic mass is 32.2. The number of sulfone groups is 1. The van der Waals surface area contributed by atoms with E-state index >= 15 is 0 Å². The van der Waals surface area contributed by atoms with Crippen LogP contribution in [0.3, 0.4) is 0 Å². The number of fused-ring (bicyclic) bond motifs is 1. The van der Waals surface area contributed by atoms with E-state index < -0.39 is 9.84 Å². The number of rotatable bonds is 1. The Morgan fingerprint density at radius 3 is 2.58 bits per heavy atom. The molecule has 142 valence electrons. The molecule has 1 aromatic carbocycles. The second-order valence-corrected chi connectivity index (χ2v) is 10.3. The molecular formula is C20H28N2O3S. The average Bonchev–Trinajstić information content (AvgIpc) is 2.80. The second kappa shape index (κ2) is 6.87. The molecule has 2 fully saturated rings. The number of likely N-dealkylation sites (tertiary alicyclic amines) is 1. The topological polar surface area (TPSA) is 66.5 Å². The molecule has 1 aromatic rings. The van der Waals surface area contributed by atoms with Gasteiger partial charge in [0.2, 0.25) is 0 Å². The van der Waals surface area contributed by atoms with E-state index in [4.69, 9.17) is 0 Å². The number of nitrogens with one attached hydrogen (secondary N) is 1. The van der Waals surface area contributed by atoms with Crippen molar-refractivity contribution in [3.8, 4) is 0 Å². The Kier molecular flexibility index (Phi) is 4.71. The summed E-state index contributed by atoms with van der Waals surface area (Å²) in [5, 5.41) is 2.92. The Hall–Kier alpha value is -1.56. The minimum absolute atomic E-state index is 0.104. The summed E-state index contributed by atoms with van der Waals surface area (Å²) in [6.45, 7) is 1.59. The van der Waals surface area contributed by atoms with Gasteiger partial charge in [-0.25, -0.2) is 13.2 Å². The minimum atomic E-state index is -3.18. The number of nitrogens with zero attached hydrogens (tertiary/aromatic N) is 1. The number of benzene rings is 1. The maximum absolute atomic E-state index is 12.7. The summed E-state index contributed by atoms with van der Waals surface area (Å²) in [4.78, 5) is 15.0. The number of anilines is 1. The van der Waals surface area contributed by atoms with Crippen LogP contribution < -0.4 is 5.32 Å². The molecule has 0 radical (unpaired) electrons. The van der Waals surface area contributed by atoms with Crippen LogP contribution in [0.15, 0.2) is 23.1 Å². The van der Waals surface area contributed by atoms with Gasteiger partial charge in [-0.05, 0) is 61.6 Å². The van der Waals surface area contributed by atoms with Gasteiger partial charge < -0.3 is 10.2 Å². The van der Waals surface area contributed by atoms with E-state index in [2.05, 4.69) is 5.32 Å². The molecule has 1 saturated heterocycles. The molecule has 5 nitrogen and oxygen atoms in total. The van der Waals surface area contributed by atoms with Gasteiger partial charge >= 0.3 is 6.03 Å². The lowest BCUT2D eigenvalue weighted by molar-refractivity contribution is 0.159. The van der Waals surface area contributed by atoms with Crippen LogP contribution >= 0.6 is 0 Å². The highest BCUT2D eigenvalue weighted by Crippen LogP contribution is 2.44. The SMILES string of the molecule is O=C(Nc1ccc2c(c1)S(=O)(=O)CC2)N1CCCC2(CCCCC2)CC1. The van der Waals surface area contributed by atoms with Crippen LogP contribution in [-0.4, -0.2) is 38.2 Å². The summed E-state index contributed by atoms with van der Waals surface area (Å²) in [6, 6.07) is 5.16. The molecule has 3 aliphatic rings. The van der Waals surface area contributed by atoms with Crippen LogP contribution in [0.4, 0.5) is 10.5 Å². The summed E-state index contributed by atoms with van der Waals surface area (Å²) >= 11 is 0. The monoisotopic (exact) mass is 376 g/mol. The van der Waals surface area contributed by atoms with Gasteiger partial charge in [0.05, 0.1) is 10.6 Å². The van der Waals surface area contributed by atoms with E-state index in [0.717, 1.165) is 31.5 Å². The first-order valence-electron chi connectivity index (χ1n) is 9.89. The lowest BCUT2D eigenvalue weighted by Crippen LogP contribution is -2.36. The number of aryl methyl sites for hydroxylation is 1. The Balaban J connectivity index is 1.42. The van der Waals surface area contributed by atoms with E-state index in [1.54, 1.807) is 6.07 Å². The first-order chi connectivity index (χ1) is 12.5. The Labute approximate surface area is 156 Å². The zero-order chi connectivity index (χ0) is 18.2. The van der Waals surface area contributed by atoms with Crippen LogP contribution in [0.1, 0.15) is 56.9 Å². The van der Waals surface area contributed by atoms with Crippen LogP contribution in [0.25, 0.3) is 0 Å². The van der Waals surface area contributed by atoms with Gasteiger partial charge in [0.25, 0.3) is 0 Å². The molecule has 0 unspecified atom stereocenters. The van der Waals surface area contributed by atoms with E-state index in [0.29, 0.717) is 22.4 Å². The number of urea groups is 1. The predicted octanol–water partition coefficient (Wildman–Crippen LogP) is 3.98. The van der Waals surface area contributed by atoms with Crippen molar-refractivity contribution in [1.82, 2.24) is 4.90 Å². The third-order valence-corrected chi connectivity index (χ3v) is 8.33. The molecule has 26 heavy (non-hydrogen) atoms. The Morgan fingerprint density at radius 2 is 1.77 bits per heavy atom. The summed E-state index contributed by atoms with van der Waals surface area (Å²) in [7, 11) is -3.18. The average molecular weight is 377 g/mol. The summed E-state index contributed by atoms with van der Waals surface area (Å²) in [6.07, 6.45) is 10.6. The molecule has 0 atom stereocenters. The van der Waals surface area contributed by atoms with Crippen molar-refractivity contribution in [3.63, 3.8) is 0 Å². The summed E-state index contributed by atoms with van der Waals surface area (Å²) in [5.41, 5.74) is 1.89. The standard InChI is InChI=1S/C20H28N2O3S/c23-19(21-17-6-5-16-7-14-26(24,25)18(16)15-17)22-12-4-10-20(11-13-22)8-2-1-3-9-20/h5-6,15H,1-4,7-14H2,(H,21,23). The third-order valence-electron chi connectivity index (χ3n) is 6.54. The molecule has 6 heteroatoms. The molecule has 0 aromatic heterocycles. The zero-order valence-electron chi connectivity index (χ0n) is 15.3. The van der Waals surface area contributed by atoms with Gasteiger partial charge in [-0.15, -0.1) is 0 Å². The lowest BCUT2D eigenvalue weighted by atomic mass is 9.69. The number of amides is 2. The van der Waals surface area contributed by atoms with E-state index in [1.165, 1.54) is 38.5 Å². The van der Waals surface area contributed by atoms with Crippen molar-refractivity contribution in [2.75, 3.05) is 24.2 Å². The quantitative estimate of drug-likeness (QED) is 0.806. The third kappa shape index (κ3) is 3.48. The van der Waals surface area contributed by atoms with E-state index in [9.17, 15) is 13.2 Å². The van der Waals surface area contributed by atoms with E-state index in [-0.39, 0.29) is 11.8 Å². The fourth-order valence-corrected chi connectivity index (χ4v) is 6.53. The molecule has 2 heterocycles. The largest absolute Gasteiger partial charge is 0.325 e. The summed E-state index contributed by atoms with van der Waals surface area (Å²) < 4.78 is 24.2. The molecule has 1 saturated carbocycles. The molecule has 2 amide bonds. The van der Waals surface area contributed by atoms with Crippen LogP contribution in [0, 0.1) is 5.41 Å². The van der Waals surface area contributed by atoms with Gasteiger partial charge in [0.1, 0.15) is 0 Å². The van der Waals surface area contributed by atoms with Crippen molar-refractivity contribution in [2.24, 2.45) is 5.41 Å². The Bertz CT molecular complexity index is 797. The fourth-order valence-electron chi connectivity index (χ4n) is 4.94. The highest BCUT2D eigenvalue weighted by molar-refractivity contribution is 7.91. The van der Waals surface area contributed by atoms with Gasteiger partial charge in [-0.2, -0.15) is 0 Å². The van der Waals surface area contributed by atoms with Gasteiger partial charge in [0.15, 0.2) is 9.84 Å². The van der Waals surface area contributed by atoms with Gasteiger partial charge in [-0.1, -0.05) is 25.3 Å². The van der Waals surface area contributed by atoms with Crippen molar-refractivity contribution >= 4 is 21.6 Å². The first kappa shape index (κ1) is 17.8. The van der Waals surface area contributed by atoms with Crippen molar-refractivity contribution in [1.29, 1.82) is 0 Å². The van der Waals surface area contributed by atoms with Crippen LogP contribution in [-0.2, 0) is 16.3 Å². The van der Waals surface area contributed by atoms with Crippen molar-refractivity contribution in [2.45, 2.75) is 62.7 Å². The predicted molar refractivity (Wildman–Crippen MR) is 102 cm³/mol. The molecule has 1 spiro atoms. The fraction of sp³-hybridized carbons (Fsp3) is 0.650. The zero-order valence-corrected chi connectivity index (χ0v) is 16.1. The van der Waals surface area contributed by atoms with Gasteiger partial charge in [0, 0.05) is 18.8 Å². The number of carbonyl (C=O) groups excluding carboxylic acids is 1. The van der Waals surface area contributed by atoms with E-state index in [1.807, 2.05) is 17.0 Å². The number of hydrogen-bond acceptors (Lipinski definition) is 3. The molecule has 1 N–H and O–H groups in total. The van der Waals surface area contributed by atoms with Gasteiger partial charge in [-0.3, -0.25) is 0 Å². The smallest absolute Gasteiger partial charge is 0.321 e. The van der Waals surface area contributed by atoms with Crippen LogP contribution in [0.2, 0.25) is 0 Å². The van der Waals surface area contributed by atoms with Crippen molar-refractivity contribution in [3.05, 3.63) is 23.8 Å². The normalized spacial score (nSPS) is 24.1. The maximum atomic E-state index is 12.7. The molecule has 4 rings (SSSR count). The lowest BCUT2D eigenvalue weighted by Gasteiger charge is -2.36. The number of carbonyl (C=O) groups is 1. The highest BCUT2D eigenvalue weighted by Gasteiger charge is 2.34. The molecule has 1 aliphatic carbocycles. The van der Waals surface area contributed by atoms with Crippen molar-refractivity contribution < 1.29 is 13.2 Å². The van der Waals surface area contributed by atoms with Crippen LogP contribution in [0.5, 0.6) is 0 Å². The molecular weight excluding hydrogens is 348 g/mol. The summed E-state index contributed by atoms with van der Waals surface area (Å²) in [5.74, 6) is 0.175. The molecule has 2 aliphatic heterocycles. The number of hydrogen-bond donors (Lipinski definition) is 1. The Morgan fingerprint density at radius 1 is 1.00 bits per heavy atom. The minimum Gasteiger partial charge on any atom is -0.325 e. The second-order valence-electron chi connectivity index (χ2n) is 8.22. The first-order valence-corrected chi connectivity index (χ1v) is 11.5.